The molecule has 0 aliphatic carbocycles. The summed E-state index contributed by atoms with van der Waals surface area (Å²) in [5, 5.41) is 0. The van der Waals surface area contributed by atoms with Crippen molar-refractivity contribution in [3.63, 3.8) is 0 Å². The van der Waals surface area contributed by atoms with Gasteiger partial charge >= 0.3 is 0 Å². The predicted octanol–water partition coefficient (Wildman–Crippen LogP) is 2.69. The summed E-state index contributed by atoms with van der Waals surface area (Å²) in [6, 6.07) is 13.3. The number of halogens is 2. The van der Waals surface area contributed by atoms with Crippen LogP contribution < -0.4 is 9.62 Å². The zero-order chi connectivity index (χ0) is 18.6. The van der Waals surface area contributed by atoms with Gasteiger partial charge in [0.1, 0.15) is 5.82 Å². The molecule has 1 fully saturated rings. The van der Waals surface area contributed by atoms with Gasteiger partial charge in [0.2, 0.25) is 10.0 Å². The highest BCUT2D eigenvalue weighted by Crippen LogP contribution is 2.20. The van der Waals surface area contributed by atoms with Crippen molar-refractivity contribution in [2.24, 2.45) is 0 Å². The van der Waals surface area contributed by atoms with Crippen LogP contribution in [0.3, 0.4) is 0 Å². The summed E-state index contributed by atoms with van der Waals surface area (Å²) in [6.07, 6.45) is 0. The molecule has 2 aromatic rings. The number of nitrogens with one attached hydrogen (secondary N) is 1. The molecule has 0 bridgehead atoms. The minimum absolute atomic E-state index is 0.205. The van der Waals surface area contributed by atoms with E-state index in [-0.39, 0.29) is 10.7 Å². The molecule has 0 aromatic heterocycles. The molecule has 8 heteroatoms. The molecule has 1 aliphatic heterocycles. The maximum atomic E-state index is 13.9. The smallest absolute Gasteiger partial charge is 0.240 e. The van der Waals surface area contributed by atoms with Gasteiger partial charge in [-0.3, -0.25) is 4.90 Å². The summed E-state index contributed by atoms with van der Waals surface area (Å²) in [6.45, 7) is 3.96. The maximum absolute atomic E-state index is 13.9. The molecule has 3 rings (SSSR count). The number of benzene rings is 2. The van der Waals surface area contributed by atoms with Crippen molar-refractivity contribution in [1.29, 1.82) is 0 Å². The Balaban J connectivity index is 1.47. The van der Waals surface area contributed by atoms with Crippen molar-refractivity contribution >= 4 is 31.6 Å². The summed E-state index contributed by atoms with van der Waals surface area (Å²) in [7, 11) is -3.49. The quantitative estimate of drug-likeness (QED) is 0.748. The standard InChI is InChI=1S/C18H21BrFN3O2S/c19-15-5-7-16(8-6-15)26(24,25)21-9-10-22-11-13-23(14-12-22)18-4-2-1-3-17(18)20/h1-8,21H,9-14H2. The van der Waals surface area contributed by atoms with Crippen molar-refractivity contribution in [2.75, 3.05) is 44.2 Å². The van der Waals surface area contributed by atoms with E-state index in [4.69, 9.17) is 0 Å². The normalized spacial score (nSPS) is 16.0. The Labute approximate surface area is 162 Å². The van der Waals surface area contributed by atoms with E-state index in [1.165, 1.54) is 6.07 Å². The highest BCUT2D eigenvalue weighted by molar-refractivity contribution is 9.10. The van der Waals surface area contributed by atoms with E-state index >= 15 is 0 Å². The van der Waals surface area contributed by atoms with Crippen molar-refractivity contribution in [1.82, 2.24) is 9.62 Å². The monoisotopic (exact) mass is 441 g/mol. The van der Waals surface area contributed by atoms with Crippen LogP contribution in [0.2, 0.25) is 0 Å². The van der Waals surface area contributed by atoms with Gasteiger partial charge in [0.25, 0.3) is 0 Å². The SMILES string of the molecule is O=S(=O)(NCCN1CCN(c2ccccc2F)CC1)c1ccc(Br)cc1. The first-order valence-electron chi connectivity index (χ1n) is 8.43. The summed E-state index contributed by atoms with van der Waals surface area (Å²) in [5.74, 6) is -0.205. The van der Waals surface area contributed by atoms with Crippen LogP contribution in [0.15, 0.2) is 57.9 Å². The molecule has 0 spiro atoms. The molecular formula is C18H21BrFN3O2S. The van der Waals surface area contributed by atoms with E-state index < -0.39 is 10.0 Å². The third kappa shape index (κ3) is 4.82. The van der Waals surface area contributed by atoms with Crippen molar-refractivity contribution < 1.29 is 12.8 Å². The number of nitrogens with zero attached hydrogens (tertiary/aromatic N) is 2. The zero-order valence-electron chi connectivity index (χ0n) is 14.2. The number of hydrogen-bond donors (Lipinski definition) is 1. The summed E-state index contributed by atoms with van der Waals surface area (Å²) >= 11 is 3.29. The van der Waals surface area contributed by atoms with Crippen LogP contribution in [0.25, 0.3) is 0 Å². The average Bonchev–Trinajstić information content (AvgIpc) is 2.63. The third-order valence-corrected chi connectivity index (χ3v) is 6.42. The molecule has 0 radical (unpaired) electrons. The average molecular weight is 442 g/mol. The number of piperazine rings is 1. The van der Waals surface area contributed by atoms with Gasteiger partial charge in [0.15, 0.2) is 0 Å². The molecule has 1 saturated heterocycles. The molecule has 140 valence electrons. The highest BCUT2D eigenvalue weighted by Gasteiger charge is 2.20. The van der Waals surface area contributed by atoms with E-state index in [2.05, 4.69) is 25.6 Å². The van der Waals surface area contributed by atoms with Crippen LogP contribution in [0.4, 0.5) is 10.1 Å². The molecule has 2 aromatic carbocycles. The van der Waals surface area contributed by atoms with Gasteiger partial charge in [-0.2, -0.15) is 0 Å². The molecule has 1 aliphatic rings. The Bertz CT molecular complexity index is 838. The molecule has 26 heavy (non-hydrogen) atoms. The topological polar surface area (TPSA) is 52.7 Å². The second-order valence-corrected chi connectivity index (χ2v) is 8.81. The Hall–Kier alpha value is -1.48. The molecule has 0 atom stereocenters. The number of rotatable bonds is 6. The third-order valence-electron chi connectivity index (χ3n) is 4.41. The van der Waals surface area contributed by atoms with Gasteiger partial charge in [-0.05, 0) is 36.4 Å². The Morgan fingerprint density at radius 2 is 1.65 bits per heavy atom. The predicted molar refractivity (Wildman–Crippen MR) is 104 cm³/mol. The second-order valence-electron chi connectivity index (χ2n) is 6.13. The van der Waals surface area contributed by atoms with Crippen LogP contribution in [-0.2, 0) is 10.0 Å². The lowest BCUT2D eigenvalue weighted by molar-refractivity contribution is 0.261. The van der Waals surface area contributed by atoms with Crippen LogP contribution in [0.1, 0.15) is 0 Å². The Morgan fingerprint density at radius 3 is 2.31 bits per heavy atom. The lowest BCUT2D eigenvalue weighted by atomic mass is 10.2. The van der Waals surface area contributed by atoms with Gasteiger partial charge < -0.3 is 4.90 Å². The summed E-state index contributed by atoms with van der Waals surface area (Å²) < 4.78 is 41.9. The lowest BCUT2D eigenvalue weighted by Gasteiger charge is -2.36. The van der Waals surface area contributed by atoms with E-state index in [1.54, 1.807) is 36.4 Å². The van der Waals surface area contributed by atoms with Crippen molar-refractivity contribution in [2.45, 2.75) is 4.90 Å². The van der Waals surface area contributed by atoms with E-state index in [9.17, 15) is 12.8 Å². The van der Waals surface area contributed by atoms with Gasteiger partial charge in [0.05, 0.1) is 10.6 Å². The summed E-state index contributed by atoms with van der Waals surface area (Å²) in [4.78, 5) is 4.46. The fourth-order valence-corrected chi connectivity index (χ4v) is 4.24. The number of hydrogen-bond acceptors (Lipinski definition) is 4. The Kier molecular flexibility index (Phi) is 6.29. The molecule has 0 saturated carbocycles. The molecule has 1 N–H and O–H groups in total. The molecule has 0 unspecified atom stereocenters. The molecule has 0 amide bonds. The first-order chi connectivity index (χ1) is 12.5. The van der Waals surface area contributed by atoms with E-state index in [0.29, 0.717) is 18.8 Å². The molecular weight excluding hydrogens is 421 g/mol. The van der Waals surface area contributed by atoms with Gasteiger partial charge in [0, 0.05) is 43.7 Å². The maximum Gasteiger partial charge on any atom is 0.240 e. The first-order valence-corrected chi connectivity index (χ1v) is 10.7. The van der Waals surface area contributed by atoms with Crippen LogP contribution in [-0.4, -0.2) is 52.6 Å². The van der Waals surface area contributed by atoms with E-state index in [0.717, 1.165) is 30.7 Å². The second kappa shape index (κ2) is 8.47. The van der Waals surface area contributed by atoms with Gasteiger partial charge in [-0.15, -0.1) is 0 Å². The number of sulfonamides is 1. The lowest BCUT2D eigenvalue weighted by Crippen LogP contribution is -2.48. The van der Waals surface area contributed by atoms with E-state index in [1.807, 2.05) is 11.0 Å². The van der Waals surface area contributed by atoms with Gasteiger partial charge in [-0.25, -0.2) is 17.5 Å². The van der Waals surface area contributed by atoms with Crippen molar-refractivity contribution in [3.8, 4) is 0 Å². The zero-order valence-corrected chi connectivity index (χ0v) is 16.6. The fraction of sp³-hybridized carbons (Fsp3) is 0.333. The van der Waals surface area contributed by atoms with Crippen molar-refractivity contribution in [3.05, 3.63) is 58.8 Å². The largest absolute Gasteiger partial charge is 0.367 e. The fourth-order valence-electron chi connectivity index (χ4n) is 2.96. The summed E-state index contributed by atoms with van der Waals surface area (Å²) in [5.41, 5.74) is 0.628. The minimum atomic E-state index is -3.49. The number of para-hydroxylation sites is 1. The highest BCUT2D eigenvalue weighted by atomic mass is 79.9. The van der Waals surface area contributed by atoms with Crippen LogP contribution in [0, 0.1) is 5.82 Å². The van der Waals surface area contributed by atoms with Crippen LogP contribution >= 0.6 is 15.9 Å². The minimum Gasteiger partial charge on any atom is -0.367 e. The molecule has 1 heterocycles. The first kappa shape index (κ1) is 19.3. The van der Waals surface area contributed by atoms with Crippen LogP contribution in [0.5, 0.6) is 0 Å². The molecule has 5 nitrogen and oxygen atoms in total. The van der Waals surface area contributed by atoms with Gasteiger partial charge in [-0.1, -0.05) is 28.1 Å². The Morgan fingerprint density at radius 1 is 1.00 bits per heavy atom. The number of anilines is 1.